The summed E-state index contributed by atoms with van der Waals surface area (Å²) in [6, 6.07) is 0.245. The highest BCUT2D eigenvalue weighted by molar-refractivity contribution is 5.34. The molecule has 0 radical (unpaired) electrons. The predicted molar refractivity (Wildman–Crippen MR) is 75.5 cm³/mol. The number of hydrogen-bond donors (Lipinski definition) is 3. The van der Waals surface area contributed by atoms with Gasteiger partial charge >= 0.3 is 6.01 Å². The van der Waals surface area contributed by atoms with Crippen LogP contribution in [0.15, 0.2) is 0 Å². The van der Waals surface area contributed by atoms with Crippen LogP contribution < -0.4 is 21.3 Å². The second-order valence-electron chi connectivity index (χ2n) is 4.55. The van der Waals surface area contributed by atoms with Crippen molar-refractivity contribution < 1.29 is 9.47 Å². The first-order chi connectivity index (χ1) is 9.81. The maximum atomic E-state index is 5.75. The molecule has 1 aromatic heterocycles. The smallest absolute Gasteiger partial charge is 0.323 e. The predicted octanol–water partition coefficient (Wildman–Crippen LogP) is 0.927. The molecule has 1 saturated carbocycles. The molecule has 4 N–H and O–H groups in total. The molecule has 8 heteroatoms. The van der Waals surface area contributed by atoms with Crippen LogP contribution in [0.4, 0.5) is 11.9 Å². The van der Waals surface area contributed by atoms with Crippen molar-refractivity contribution in [1.82, 2.24) is 15.0 Å². The highest BCUT2D eigenvalue weighted by Gasteiger charge is 2.14. The minimum atomic E-state index is 0.245. The third-order valence-corrected chi connectivity index (χ3v) is 3.06. The van der Waals surface area contributed by atoms with Gasteiger partial charge in [-0.1, -0.05) is 12.8 Å². The summed E-state index contributed by atoms with van der Waals surface area (Å²) in [6.07, 6.45) is 5.29. The molecule has 0 aromatic carbocycles. The molecule has 0 aliphatic heterocycles. The number of nitrogens with two attached hydrogens (primary N) is 1. The molecule has 112 valence electrons. The Kier molecular flexibility index (Phi) is 5.75. The molecular weight excluding hydrogens is 260 g/mol. The Hall–Kier alpha value is -1.67. The van der Waals surface area contributed by atoms with Gasteiger partial charge in [0, 0.05) is 6.54 Å². The van der Waals surface area contributed by atoms with E-state index in [1.807, 2.05) is 6.92 Å². The van der Waals surface area contributed by atoms with Crippen molar-refractivity contribution in [2.75, 3.05) is 30.5 Å². The lowest BCUT2D eigenvalue weighted by molar-refractivity contribution is 0.0658. The first kappa shape index (κ1) is 14.7. The number of rotatable bonds is 8. The van der Waals surface area contributed by atoms with Gasteiger partial charge in [-0.05, 0) is 19.8 Å². The van der Waals surface area contributed by atoms with Gasteiger partial charge in [0.2, 0.25) is 11.9 Å². The van der Waals surface area contributed by atoms with E-state index in [0.717, 1.165) is 0 Å². The van der Waals surface area contributed by atoms with Crippen molar-refractivity contribution >= 4 is 11.9 Å². The zero-order chi connectivity index (χ0) is 14.2. The molecular formula is C12H22N6O2. The Bertz CT molecular complexity index is 411. The normalized spacial score (nSPS) is 15.3. The zero-order valence-corrected chi connectivity index (χ0v) is 11.8. The van der Waals surface area contributed by atoms with Crippen molar-refractivity contribution in [1.29, 1.82) is 0 Å². The first-order valence-corrected chi connectivity index (χ1v) is 7.02. The SMILES string of the molecule is CCOc1nc(NN)nc(NCCOC2CCCC2)n1. The molecule has 1 aliphatic rings. The fraction of sp³-hybridized carbons (Fsp3) is 0.750. The number of hydrazine groups is 1. The summed E-state index contributed by atoms with van der Waals surface area (Å²) in [6.45, 7) is 3.61. The average molecular weight is 282 g/mol. The van der Waals surface area contributed by atoms with E-state index in [1.54, 1.807) is 0 Å². The van der Waals surface area contributed by atoms with Crippen molar-refractivity contribution in [2.24, 2.45) is 5.84 Å². The van der Waals surface area contributed by atoms with Gasteiger partial charge in [-0.15, -0.1) is 0 Å². The van der Waals surface area contributed by atoms with Crippen LogP contribution in [0.25, 0.3) is 0 Å². The molecule has 0 saturated heterocycles. The molecule has 0 unspecified atom stereocenters. The fourth-order valence-electron chi connectivity index (χ4n) is 2.14. The minimum Gasteiger partial charge on any atom is -0.464 e. The zero-order valence-electron chi connectivity index (χ0n) is 11.8. The number of anilines is 2. The lowest BCUT2D eigenvalue weighted by Gasteiger charge is -2.12. The Morgan fingerprint density at radius 3 is 2.65 bits per heavy atom. The van der Waals surface area contributed by atoms with E-state index < -0.39 is 0 Å². The lowest BCUT2D eigenvalue weighted by Crippen LogP contribution is -2.18. The molecule has 1 fully saturated rings. The van der Waals surface area contributed by atoms with Crippen molar-refractivity contribution in [3.05, 3.63) is 0 Å². The van der Waals surface area contributed by atoms with Gasteiger partial charge < -0.3 is 14.8 Å². The number of nitrogen functional groups attached to an aromatic ring is 1. The summed E-state index contributed by atoms with van der Waals surface area (Å²) in [7, 11) is 0. The summed E-state index contributed by atoms with van der Waals surface area (Å²) in [4.78, 5) is 12.2. The van der Waals surface area contributed by atoms with E-state index >= 15 is 0 Å². The van der Waals surface area contributed by atoms with Gasteiger partial charge in [-0.3, -0.25) is 5.43 Å². The van der Waals surface area contributed by atoms with E-state index in [-0.39, 0.29) is 12.0 Å². The van der Waals surface area contributed by atoms with Crippen LogP contribution in [0.1, 0.15) is 32.6 Å². The summed E-state index contributed by atoms with van der Waals surface area (Å²) in [5.74, 6) is 6.00. The van der Waals surface area contributed by atoms with Crippen LogP contribution in [0.3, 0.4) is 0 Å². The first-order valence-electron chi connectivity index (χ1n) is 7.02. The summed E-state index contributed by atoms with van der Waals surface area (Å²) < 4.78 is 11.0. The number of aromatic nitrogens is 3. The van der Waals surface area contributed by atoms with E-state index in [4.69, 9.17) is 15.3 Å². The fourth-order valence-corrected chi connectivity index (χ4v) is 2.14. The Morgan fingerprint density at radius 2 is 1.95 bits per heavy atom. The van der Waals surface area contributed by atoms with Gasteiger partial charge in [0.05, 0.1) is 19.3 Å². The van der Waals surface area contributed by atoms with E-state index in [0.29, 0.717) is 31.8 Å². The second-order valence-corrected chi connectivity index (χ2v) is 4.55. The van der Waals surface area contributed by atoms with E-state index in [2.05, 4.69) is 25.7 Å². The largest absolute Gasteiger partial charge is 0.464 e. The van der Waals surface area contributed by atoms with Crippen LogP contribution in [0, 0.1) is 0 Å². The minimum absolute atomic E-state index is 0.245. The number of hydrogen-bond acceptors (Lipinski definition) is 8. The Balaban J connectivity index is 1.79. The van der Waals surface area contributed by atoms with E-state index in [1.165, 1.54) is 25.7 Å². The average Bonchev–Trinajstić information content (AvgIpc) is 2.97. The highest BCUT2D eigenvalue weighted by Crippen LogP contribution is 2.20. The molecule has 0 spiro atoms. The lowest BCUT2D eigenvalue weighted by atomic mass is 10.3. The van der Waals surface area contributed by atoms with Crippen LogP contribution in [0.5, 0.6) is 6.01 Å². The monoisotopic (exact) mass is 282 g/mol. The quantitative estimate of drug-likeness (QED) is 0.367. The van der Waals surface area contributed by atoms with E-state index in [9.17, 15) is 0 Å². The van der Waals surface area contributed by atoms with Gasteiger partial charge in [0.25, 0.3) is 0 Å². The topological polar surface area (TPSA) is 107 Å². The van der Waals surface area contributed by atoms with Gasteiger partial charge in [-0.2, -0.15) is 15.0 Å². The van der Waals surface area contributed by atoms with Crippen LogP contribution in [-0.4, -0.2) is 40.8 Å². The standard InChI is InChI=1S/C12H22N6O2/c1-2-19-12-16-10(15-11(17-12)18-13)14-7-8-20-9-5-3-4-6-9/h9H,2-8,13H2,1H3,(H2,14,15,16,17,18). The molecule has 1 aromatic rings. The summed E-state index contributed by atoms with van der Waals surface area (Å²) in [5, 5.41) is 3.08. The maximum Gasteiger partial charge on any atom is 0.323 e. The summed E-state index contributed by atoms with van der Waals surface area (Å²) >= 11 is 0. The number of nitrogens with one attached hydrogen (secondary N) is 2. The second kappa shape index (κ2) is 7.81. The van der Waals surface area contributed by atoms with Crippen molar-refractivity contribution in [2.45, 2.75) is 38.7 Å². The Morgan fingerprint density at radius 1 is 1.20 bits per heavy atom. The van der Waals surface area contributed by atoms with Gasteiger partial charge in [0.1, 0.15) is 0 Å². The molecule has 20 heavy (non-hydrogen) atoms. The molecule has 0 atom stereocenters. The molecule has 1 heterocycles. The van der Waals surface area contributed by atoms with Crippen molar-refractivity contribution in [3.8, 4) is 6.01 Å². The van der Waals surface area contributed by atoms with Crippen LogP contribution in [0.2, 0.25) is 0 Å². The molecule has 8 nitrogen and oxygen atoms in total. The van der Waals surface area contributed by atoms with Gasteiger partial charge in [-0.25, -0.2) is 5.84 Å². The van der Waals surface area contributed by atoms with Crippen LogP contribution >= 0.6 is 0 Å². The number of ether oxygens (including phenoxy) is 2. The van der Waals surface area contributed by atoms with Crippen LogP contribution in [-0.2, 0) is 4.74 Å². The number of nitrogens with zero attached hydrogens (tertiary/aromatic N) is 3. The molecule has 0 bridgehead atoms. The molecule has 1 aliphatic carbocycles. The Labute approximate surface area is 118 Å². The third kappa shape index (κ3) is 4.46. The van der Waals surface area contributed by atoms with Gasteiger partial charge in [0.15, 0.2) is 0 Å². The highest BCUT2D eigenvalue weighted by atomic mass is 16.5. The third-order valence-electron chi connectivity index (χ3n) is 3.06. The van der Waals surface area contributed by atoms with Crippen molar-refractivity contribution in [3.63, 3.8) is 0 Å². The summed E-state index contributed by atoms with van der Waals surface area (Å²) in [5.41, 5.74) is 2.39. The molecule has 0 amide bonds. The molecule has 2 rings (SSSR count). The maximum absolute atomic E-state index is 5.75.